The summed E-state index contributed by atoms with van der Waals surface area (Å²) in [4.78, 5) is 4.54. The maximum atomic E-state index is 5.37. The minimum absolute atomic E-state index is 0.615. The van der Waals surface area contributed by atoms with Crippen LogP contribution in [0.5, 0.6) is 0 Å². The number of H-pyrrole nitrogens is 2. The van der Waals surface area contributed by atoms with Crippen molar-refractivity contribution >= 4 is 24.0 Å². The van der Waals surface area contributed by atoms with Gasteiger partial charge in [-0.15, -0.1) is 5.10 Å². The molecule has 0 aliphatic heterocycles. The summed E-state index contributed by atoms with van der Waals surface area (Å²) in [6, 6.07) is 20.0. The number of rotatable bonds is 6. The molecule has 0 amide bonds. The summed E-state index contributed by atoms with van der Waals surface area (Å²) < 4.78 is 2.62. The summed E-state index contributed by atoms with van der Waals surface area (Å²) in [5.41, 5.74) is 2.06. The first-order chi connectivity index (χ1) is 12.8. The van der Waals surface area contributed by atoms with Gasteiger partial charge in [0.05, 0.1) is 0 Å². The molecule has 130 valence electrons. The molecule has 0 spiro atoms. The monoisotopic (exact) mass is 380 g/mol. The van der Waals surface area contributed by atoms with Gasteiger partial charge in [-0.05, 0) is 12.2 Å². The number of benzene rings is 2. The highest BCUT2D eigenvalue weighted by atomic mass is 32.2. The predicted molar refractivity (Wildman–Crippen MR) is 105 cm³/mol. The van der Waals surface area contributed by atoms with Crippen LogP contribution in [0.25, 0.3) is 22.8 Å². The third-order valence-electron chi connectivity index (χ3n) is 3.85. The van der Waals surface area contributed by atoms with Crippen LogP contribution in [0.1, 0.15) is 0 Å². The van der Waals surface area contributed by atoms with Crippen molar-refractivity contribution in [2.45, 2.75) is 11.7 Å². The Morgan fingerprint density at radius 2 is 1.58 bits per heavy atom. The molecule has 0 aliphatic carbocycles. The summed E-state index contributed by atoms with van der Waals surface area (Å²) >= 11 is 6.95. The van der Waals surface area contributed by atoms with Gasteiger partial charge in [0.1, 0.15) is 0 Å². The molecule has 2 aromatic heterocycles. The molecule has 0 bridgehead atoms. The molecule has 0 radical (unpaired) electrons. The standard InChI is InChI=1S/C18H16N6S2/c25-18-23-21-16(14-9-5-2-6-10-14)24(18)11-12-26-17-19-15(20-22-17)13-7-3-1-4-8-13/h1-10H,11-12H2,(H,23,25)(H,19,20,22). The Hall–Kier alpha value is -2.71. The average Bonchev–Trinajstić information content (AvgIpc) is 3.31. The number of aromatic nitrogens is 6. The highest BCUT2D eigenvalue weighted by Gasteiger charge is 2.10. The normalized spacial score (nSPS) is 10.9. The van der Waals surface area contributed by atoms with E-state index in [0.29, 0.717) is 4.77 Å². The molecule has 6 nitrogen and oxygen atoms in total. The third-order valence-corrected chi connectivity index (χ3v) is 4.99. The number of aromatic amines is 2. The molecule has 0 saturated carbocycles. The maximum Gasteiger partial charge on any atom is 0.208 e. The van der Waals surface area contributed by atoms with Crippen LogP contribution in [0.4, 0.5) is 0 Å². The van der Waals surface area contributed by atoms with Crippen LogP contribution < -0.4 is 0 Å². The second kappa shape index (κ2) is 7.67. The zero-order chi connectivity index (χ0) is 17.8. The van der Waals surface area contributed by atoms with Crippen molar-refractivity contribution in [3.05, 3.63) is 65.4 Å². The Labute approximate surface area is 159 Å². The van der Waals surface area contributed by atoms with E-state index in [4.69, 9.17) is 12.2 Å². The smallest absolute Gasteiger partial charge is 0.208 e. The molecular formula is C18H16N6S2. The minimum Gasteiger partial charge on any atom is -0.299 e. The van der Waals surface area contributed by atoms with E-state index in [9.17, 15) is 0 Å². The van der Waals surface area contributed by atoms with E-state index < -0.39 is 0 Å². The molecule has 0 aliphatic rings. The lowest BCUT2D eigenvalue weighted by molar-refractivity contribution is 0.762. The Bertz CT molecular complexity index is 1040. The highest BCUT2D eigenvalue weighted by molar-refractivity contribution is 7.99. The molecule has 0 saturated heterocycles. The van der Waals surface area contributed by atoms with E-state index in [1.165, 1.54) is 0 Å². The zero-order valence-electron chi connectivity index (χ0n) is 13.8. The summed E-state index contributed by atoms with van der Waals surface area (Å²) in [6.45, 7) is 0.722. The molecule has 4 rings (SSSR count). The van der Waals surface area contributed by atoms with Gasteiger partial charge in [0, 0.05) is 23.4 Å². The van der Waals surface area contributed by atoms with E-state index in [1.807, 2.05) is 65.2 Å². The van der Waals surface area contributed by atoms with E-state index >= 15 is 0 Å². The summed E-state index contributed by atoms with van der Waals surface area (Å²) in [5, 5.41) is 15.2. The molecule has 2 N–H and O–H groups in total. The van der Waals surface area contributed by atoms with Crippen molar-refractivity contribution < 1.29 is 0 Å². The topological polar surface area (TPSA) is 75.2 Å². The largest absolute Gasteiger partial charge is 0.299 e. The van der Waals surface area contributed by atoms with Gasteiger partial charge in [0.2, 0.25) is 5.16 Å². The molecule has 2 aromatic carbocycles. The molecular weight excluding hydrogens is 364 g/mol. The van der Waals surface area contributed by atoms with Crippen LogP contribution in [-0.4, -0.2) is 35.7 Å². The lowest BCUT2D eigenvalue weighted by Crippen LogP contribution is -2.03. The van der Waals surface area contributed by atoms with Gasteiger partial charge < -0.3 is 0 Å². The third kappa shape index (κ3) is 3.61. The molecule has 0 fully saturated rings. The van der Waals surface area contributed by atoms with Gasteiger partial charge >= 0.3 is 0 Å². The Morgan fingerprint density at radius 3 is 2.31 bits per heavy atom. The molecule has 4 aromatic rings. The van der Waals surface area contributed by atoms with Crippen molar-refractivity contribution in [3.8, 4) is 22.8 Å². The molecule has 0 atom stereocenters. The van der Waals surface area contributed by atoms with Gasteiger partial charge in [-0.2, -0.15) is 5.10 Å². The van der Waals surface area contributed by atoms with Gasteiger partial charge in [-0.3, -0.25) is 14.8 Å². The minimum atomic E-state index is 0.615. The fourth-order valence-electron chi connectivity index (χ4n) is 2.60. The summed E-state index contributed by atoms with van der Waals surface area (Å²) in [7, 11) is 0. The Balaban J connectivity index is 1.44. The van der Waals surface area contributed by atoms with Crippen molar-refractivity contribution in [2.24, 2.45) is 0 Å². The van der Waals surface area contributed by atoms with Gasteiger partial charge in [0.15, 0.2) is 16.4 Å². The first-order valence-corrected chi connectivity index (χ1v) is 9.52. The number of thioether (sulfide) groups is 1. The number of hydrogen-bond acceptors (Lipinski definition) is 5. The molecule has 0 unspecified atom stereocenters. The fraction of sp³-hybridized carbons (Fsp3) is 0.111. The van der Waals surface area contributed by atoms with E-state index in [1.54, 1.807) is 11.8 Å². The van der Waals surface area contributed by atoms with Crippen LogP contribution in [0.3, 0.4) is 0 Å². The van der Waals surface area contributed by atoms with Gasteiger partial charge in [-0.25, -0.2) is 4.98 Å². The lowest BCUT2D eigenvalue weighted by Gasteiger charge is -2.05. The number of nitrogens with zero attached hydrogens (tertiary/aromatic N) is 4. The number of hydrogen-bond donors (Lipinski definition) is 2. The molecule has 26 heavy (non-hydrogen) atoms. The van der Waals surface area contributed by atoms with E-state index in [-0.39, 0.29) is 0 Å². The van der Waals surface area contributed by atoms with Crippen LogP contribution in [0.2, 0.25) is 0 Å². The average molecular weight is 381 g/mol. The second-order valence-electron chi connectivity index (χ2n) is 5.55. The maximum absolute atomic E-state index is 5.37. The quantitative estimate of drug-likeness (QED) is 0.388. The van der Waals surface area contributed by atoms with E-state index in [0.717, 1.165) is 40.2 Å². The Kier molecular flexibility index (Phi) is 4.94. The van der Waals surface area contributed by atoms with Crippen LogP contribution in [0.15, 0.2) is 65.8 Å². The van der Waals surface area contributed by atoms with Gasteiger partial charge in [-0.1, -0.05) is 72.4 Å². The lowest BCUT2D eigenvalue weighted by atomic mass is 10.2. The van der Waals surface area contributed by atoms with Crippen LogP contribution in [-0.2, 0) is 6.54 Å². The summed E-state index contributed by atoms with van der Waals surface area (Å²) in [6.07, 6.45) is 0. The first-order valence-electron chi connectivity index (χ1n) is 8.12. The highest BCUT2D eigenvalue weighted by Crippen LogP contribution is 2.21. The number of nitrogens with one attached hydrogen (secondary N) is 2. The van der Waals surface area contributed by atoms with Crippen molar-refractivity contribution in [1.82, 2.24) is 29.9 Å². The summed E-state index contributed by atoms with van der Waals surface area (Å²) in [5.74, 6) is 2.41. The fourth-order valence-corrected chi connectivity index (χ4v) is 3.54. The molecule has 8 heteroatoms. The zero-order valence-corrected chi connectivity index (χ0v) is 15.4. The van der Waals surface area contributed by atoms with Crippen LogP contribution in [0, 0.1) is 4.77 Å². The van der Waals surface area contributed by atoms with Gasteiger partial charge in [0.25, 0.3) is 0 Å². The Morgan fingerprint density at radius 1 is 0.885 bits per heavy atom. The first kappa shape index (κ1) is 16.7. The van der Waals surface area contributed by atoms with Crippen molar-refractivity contribution in [3.63, 3.8) is 0 Å². The van der Waals surface area contributed by atoms with Crippen molar-refractivity contribution in [1.29, 1.82) is 0 Å². The predicted octanol–water partition coefficient (Wildman–Crippen LogP) is 4.19. The second-order valence-corrected chi connectivity index (χ2v) is 7.00. The van der Waals surface area contributed by atoms with Crippen LogP contribution >= 0.6 is 24.0 Å². The van der Waals surface area contributed by atoms with Crippen molar-refractivity contribution in [2.75, 3.05) is 5.75 Å². The van der Waals surface area contributed by atoms with E-state index in [2.05, 4.69) is 25.4 Å². The molecule has 2 heterocycles. The SMILES string of the molecule is S=c1[nH]nc(-c2ccccc2)n1CCSc1n[nH]c(-c2ccccc2)n1.